The Bertz CT molecular complexity index is 407. The zero-order chi connectivity index (χ0) is 15.8. The van der Waals surface area contributed by atoms with Crippen molar-refractivity contribution in [1.29, 1.82) is 0 Å². The highest BCUT2D eigenvalue weighted by atomic mass is 16.5. The third-order valence-electron chi connectivity index (χ3n) is 3.57. The lowest BCUT2D eigenvalue weighted by Crippen LogP contribution is -2.19. The lowest BCUT2D eigenvalue weighted by atomic mass is 9.93. The number of nitrogens with two attached hydrogens (primary N) is 1. The maximum atomic E-state index is 6.35. The fraction of sp³-hybridized carbons (Fsp3) is 0.647. The second-order valence-corrected chi connectivity index (χ2v) is 5.06. The van der Waals surface area contributed by atoms with Crippen LogP contribution in [0.2, 0.25) is 0 Å². The van der Waals surface area contributed by atoms with Gasteiger partial charge in [-0.3, -0.25) is 0 Å². The van der Waals surface area contributed by atoms with Crippen LogP contribution in [0.3, 0.4) is 0 Å². The summed E-state index contributed by atoms with van der Waals surface area (Å²) in [6.07, 6.45) is 1.03. The topological polar surface area (TPSA) is 53.7 Å². The highest BCUT2D eigenvalue weighted by Crippen LogP contribution is 2.41. The van der Waals surface area contributed by atoms with E-state index in [1.165, 1.54) is 0 Å². The molecular formula is C17H29NO3. The van der Waals surface area contributed by atoms with E-state index in [2.05, 4.69) is 13.8 Å². The van der Waals surface area contributed by atoms with Crippen molar-refractivity contribution in [3.63, 3.8) is 0 Å². The van der Waals surface area contributed by atoms with Crippen molar-refractivity contribution >= 4 is 0 Å². The van der Waals surface area contributed by atoms with Crippen LogP contribution in [-0.2, 0) is 0 Å². The molecule has 0 bridgehead atoms. The molecule has 1 aromatic rings. The predicted molar refractivity (Wildman–Crippen MR) is 86.3 cm³/mol. The normalized spacial score (nSPS) is 13.6. The molecule has 2 unspecified atom stereocenters. The third-order valence-corrected chi connectivity index (χ3v) is 3.57. The Hall–Kier alpha value is -1.42. The quantitative estimate of drug-likeness (QED) is 0.750. The van der Waals surface area contributed by atoms with Gasteiger partial charge in [-0.2, -0.15) is 0 Å². The second-order valence-electron chi connectivity index (χ2n) is 5.06. The Morgan fingerprint density at radius 2 is 1.38 bits per heavy atom. The molecule has 1 rings (SSSR count). The molecule has 0 heterocycles. The Balaban J connectivity index is 3.27. The van der Waals surface area contributed by atoms with Crippen LogP contribution < -0.4 is 19.9 Å². The van der Waals surface area contributed by atoms with Gasteiger partial charge < -0.3 is 19.9 Å². The van der Waals surface area contributed by atoms with Crippen LogP contribution in [0.15, 0.2) is 12.1 Å². The Morgan fingerprint density at radius 1 is 0.905 bits per heavy atom. The first-order chi connectivity index (χ1) is 10.1. The van der Waals surface area contributed by atoms with Gasteiger partial charge in [-0.1, -0.05) is 20.3 Å². The van der Waals surface area contributed by atoms with Crippen molar-refractivity contribution in [3.05, 3.63) is 17.7 Å². The molecule has 0 saturated carbocycles. The fourth-order valence-corrected chi connectivity index (χ4v) is 2.18. The first-order valence-corrected chi connectivity index (χ1v) is 7.90. The summed E-state index contributed by atoms with van der Waals surface area (Å²) < 4.78 is 17.1. The van der Waals surface area contributed by atoms with Crippen LogP contribution >= 0.6 is 0 Å². The van der Waals surface area contributed by atoms with Crippen molar-refractivity contribution < 1.29 is 14.2 Å². The van der Waals surface area contributed by atoms with E-state index in [0.717, 1.165) is 12.0 Å². The standard InChI is InChI=1S/C17H29NO3/c1-6-12(5)16(18)13-10-14(19-7-2)17(21-9-4)15(11-13)20-8-3/h10-12,16H,6-9,18H2,1-5H3. The summed E-state index contributed by atoms with van der Waals surface area (Å²) >= 11 is 0. The minimum Gasteiger partial charge on any atom is -0.490 e. The Labute approximate surface area is 128 Å². The van der Waals surface area contributed by atoms with Gasteiger partial charge in [0.2, 0.25) is 5.75 Å². The maximum absolute atomic E-state index is 6.35. The van der Waals surface area contributed by atoms with E-state index in [-0.39, 0.29) is 6.04 Å². The van der Waals surface area contributed by atoms with Crippen LogP contribution in [0.5, 0.6) is 17.2 Å². The van der Waals surface area contributed by atoms with Crippen LogP contribution in [0.1, 0.15) is 52.6 Å². The largest absolute Gasteiger partial charge is 0.490 e. The van der Waals surface area contributed by atoms with Gasteiger partial charge in [0.05, 0.1) is 19.8 Å². The molecule has 0 spiro atoms. The summed E-state index contributed by atoms with van der Waals surface area (Å²) in [5.41, 5.74) is 7.38. The van der Waals surface area contributed by atoms with Crippen molar-refractivity contribution in [2.75, 3.05) is 19.8 Å². The molecule has 0 saturated heterocycles. The zero-order valence-electron chi connectivity index (χ0n) is 13.9. The van der Waals surface area contributed by atoms with E-state index >= 15 is 0 Å². The maximum Gasteiger partial charge on any atom is 0.203 e. The first-order valence-electron chi connectivity index (χ1n) is 7.90. The van der Waals surface area contributed by atoms with Gasteiger partial charge in [-0.25, -0.2) is 0 Å². The van der Waals surface area contributed by atoms with Crippen LogP contribution in [0, 0.1) is 5.92 Å². The molecule has 0 aromatic heterocycles. The summed E-state index contributed by atoms with van der Waals surface area (Å²) in [4.78, 5) is 0. The highest BCUT2D eigenvalue weighted by Gasteiger charge is 2.20. The highest BCUT2D eigenvalue weighted by molar-refractivity contribution is 5.54. The molecule has 4 nitrogen and oxygen atoms in total. The molecule has 0 amide bonds. The van der Waals surface area contributed by atoms with Gasteiger partial charge >= 0.3 is 0 Å². The Morgan fingerprint density at radius 3 is 1.76 bits per heavy atom. The summed E-state index contributed by atoms with van der Waals surface area (Å²) in [5, 5.41) is 0. The van der Waals surface area contributed by atoms with Crippen LogP contribution in [0.25, 0.3) is 0 Å². The molecular weight excluding hydrogens is 266 g/mol. The number of hydrogen-bond acceptors (Lipinski definition) is 4. The molecule has 0 fully saturated rings. The summed E-state index contributed by atoms with van der Waals surface area (Å²) in [6.45, 7) is 11.9. The zero-order valence-corrected chi connectivity index (χ0v) is 13.9. The fourth-order valence-electron chi connectivity index (χ4n) is 2.18. The van der Waals surface area contributed by atoms with Gasteiger partial charge in [0.25, 0.3) is 0 Å². The molecule has 1 aromatic carbocycles. The molecule has 4 heteroatoms. The van der Waals surface area contributed by atoms with E-state index in [1.807, 2.05) is 32.9 Å². The van der Waals surface area contributed by atoms with E-state index in [9.17, 15) is 0 Å². The van der Waals surface area contributed by atoms with Crippen molar-refractivity contribution in [1.82, 2.24) is 0 Å². The lowest BCUT2D eigenvalue weighted by molar-refractivity contribution is 0.259. The predicted octanol–water partition coefficient (Wildman–Crippen LogP) is 3.93. The van der Waals surface area contributed by atoms with E-state index < -0.39 is 0 Å². The molecule has 21 heavy (non-hydrogen) atoms. The smallest absolute Gasteiger partial charge is 0.203 e. The number of benzene rings is 1. The van der Waals surface area contributed by atoms with Crippen molar-refractivity contribution in [2.24, 2.45) is 11.7 Å². The van der Waals surface area contributed by atoms with Crippen molar-refractivity contribution in [3.8, 4) is 17.2 Å². The van der Waals surface area contributed by atoms with Crippen LogP contribution in [-0.4, -0.2) is 19.8 Å². The summed E-state index contributed by atoms with van der Waals surface area (Å²) in [7, 11) is 0. The first kappa shape index (κ1) is 17.6. The Kier molecular flexibility index (Phi) is 7.37. The second kappa shape index (κ2) is 8.78. The monoisotopic (exact) mass is 295 g/mol. The van der Waals surface area contributed by atoms with Gasteiger partial charge in [-0.05, 0) is 44.4 Å². The average Bonchev–Trinajstić information content (AvgIpc) is 2.49. The molecule has 0 aliphatic rings. The van der Waals surface area contributed by atoms with Crippen LogP contribution in [0.4, 0.5) is 0 Å². The van der Waals surface area contributed by atoms with Gasteiger partial charge in [0.15, 0.2) is 11.5 Å². The van der Waals surface area contributed by atoms with Gasteiger partial charge in [-0.15, -0.1) is 0 Å². The number of rotatable bonds is 9. The van der Waals surface area contributed by atoms with Gasteiger partial charge in [0, 0.05) is 6.04 Å². The minimum atomic E-state index is -0.0379. The lowest BCUT2D eigenvalue weighted by Gasteiger charge is -2.22. The average molecular weight is 295 g/mol. The molecule has 0 radical (unpaired) electrons. The van der Waals surface area contributed by atoms with Gasteiger partial charge in [0.1, 0.15) is 0 Å². The number of hydrogen-bond donors (Lipinski definition) is 1. The van der Waals surface area contributed by atoms with Crippen molar-refractivity contribution in [2.45, 2.75) is 47.1 Å². The SMILES string of the molecule is CCOc1cc(C(N)C(C)CC)cc(OCC)c1OCC. The van der Waals surface area contributed by atoms with E-state index in [4.69, 9.17) is 19.9 Å². The number of ether oxygens (including phenoxy) is 3. The molecule has 120 valence electrons. The summed E-state index contributed by atoms with van der Waals surface area (Å²) in [6, 6.07) is 3.92. The summed E-state index contributed by atoms with van der Waals surface area (Å²) in [5.74, 6) is 2.48. The van der Waals surface area contributed by atoms with E-state index in [0.29, 0.717) is 43.0 Å². The third kappa shape index (κ3) is 4.53. The molecule has 2 N–H and O–H groups in total. The van der Waals surface area contributed by atoms with E-state index in [1.54, 1.807) is 0 Å². The molecule has 0 aliphatic carbocycles. The minimum absolute atomic E-state index is 0.0379. The molecule has 2 atom stereocenters. The molecule has 0 aliphatic heterocycles.